The van der Waals surface area contributed by atoms with E-state index in [1.165, 1.54) is 26.4 Å². The lowest BCUT2D eigenvalue weighted by Crippen LogP contribution is -2.00. The largest absolute Gasteiger partial charge is 0.494 e. The number of ether oxygens (including phenoxy) is 2. The second kappa shape index (κ2) is 11.3. The van der Waals surface area contributed by atoms with Crippen LogP contribution in [0.4, 0.5) is 0 Å². The maximum atomic E-state index is 11.6. The molecular formula is C28H28N2O4. The molecule has 0 spiro atoms. The SMILES string of the molecule is CCCCCCOc1ccc(-c2ccc(-c3nnc(-c4ccc(C(=O)OC)cc4)o3)cc2)cc1. The molecule has 0 aliphatic heterocycles. The van der Waals surface area contributed by atoms with Crippen molar-refractivity contribution in [3.8, 4) is 39.8 Å². The van der Waals surface area contributed by atoms with E-state index in [-0.39, 0.29) is 5.97 Å². The van der Waals surface area contributed by atoms with Crippen LogP contribution in [-0.2, 0) is 4.74 Å². The standard InChI is InChI=1S/C28H28N2O4/c1-3-4-5-6-19-33-25-17-15-21(16-18-25)20-7-9-22(10-8-20)26-29-30-27(34-26)23-11-13-24(14-12-23)28(31)32-2/h7-18H,3-6,19H2,1-2H3. The van der Waals surface area contributed by atoms with Crippen molar-refractivity contribution >= 4 is 5.97 Å². The van der Waals surface area contributed by atoms with E-state index in [0.29, 0.717) is 17.3 Å². The van der Waals surface area contributed by atoms with Gasteiger partial charge in [-0.05, 0) is 66.1 Å². The molecule has 0 saturated carbocycles. The summed E-state index contributed by atoms with van der Waals surface area (Å²) in [6, 6.07) is 23.0. The highest BCUT2D eigenvalue weighted by Gasteiger charge is 2.12. The van der Waals surface area contributed by atoms with E-state index in [2.05, 4.69) is 29.3 Å². The van der Waals surface area contributed by atoms with Gasteiger partial charge in [-0.3, -0.25) is 0 Å². The summed E-state index contributed by atoms with van der Waals surface area (Å²) in [7, 11) is 1.35. The van der Waals surface area contributed by atoms with Gasteiger partial charge in [0.25, 0.3) is 0 Å². The molecule has 0 saturated heterocycles. The third-order valence-electron chi connectivity index (χ3n) is 5.56. The molecular weight excluding hydrogens is 428 g/mol. The summed E-state index contributed by atoms with van der Waals surface area (Å²) in [6.07, 6.45) is 4.79. The van der Waals surface area contributed by atoms with Crippen molar-refractivity contribution in [1.82, 2.24) is 10.2 Å². The van der Waals surface area contributed by atoms with Crippen LogP contribution in [0.5, 0.6) is 5.75 Å². The second-order valence-electron chi connectivity index (χ2n) is 7.99. The van der Waals surface area contributed by atoms with Gasteiger partial charge < -0.3 is 13.9 Å². The Balaban J connectivity index is 1.39. The molecule has 0 radical (unpaired) electrons. The van der Waals surface area contributed by atoms with Crippen LogP contribution in [0, 0.1) is 0 Å². The molecule has 0 N–H and O–H groups in total. The van der Waals surface area contributed by atoms with Crippen LogP contribution in [0.1, 0.15) is 43.0 Å². The molecule has 0 bridgehead atoms. The third-order valence-corrected chi connectivity index (χ3v) is 5.56. The zero-order valence-electron chi connectivity index (χ0n) is 19.5. The van der Waals surface area contributed by atoms with Gasteiger partial charge in [-0.15, -0.1) is 10.2 Å². The van der Waals surface area contributed by atoms with Crippen molar-refractivity contribution < 1.29 is 18.7 Å². The van der Waals surface area contributed by atoms with Crippen LogP contribution in [0.3, 0.4) is 0 Å². The number of hydrogen-bond donors (Lipinski definition) is 0. The average Bonchev–Trinajstić information content (AvgIpc) is 3.39. The fraction of sp³-hybridized carbons (Fsp3) is 0.250. The van der Waals surface area contributed by atoms with Crippen LogP contribution in [0.25, 0.3) is 34.0 Å². The van der Waals surface area contributed by atoms with E-state index >= 15 is 0 Å². The van der Waals surface area contributed by atoms with Gasteiger partial charge >= 0.3 is 5.97 Å². The van der Waals surface area contributed by atoms with Crippen molar-refractivity contribution in [1.29, 1.82) is 0 Å². The molecule has 0 fully saturated rings. The number of benzene rings is 3. The molecule has 4 aromatic rings. The number of carbonyl (C=O) groups excluding carboxylic acids is 1. The minimum atomic E-state index is -0.387. The molecule has 6 nitrogen and oxygen atoms in total. The molecule has 174 valence electrons. The lowest BCUT2D eigenvalue weighted by atomic mass is 10.0. The van der Waals surface area contributed by atoms with E-state index < -0.39 is 0 Å². The summed E-state index contributed by atoms with van der Waals surface area (Å²) in [5.41, 5.74) is 4.24. The number of rotatable bonds is 10. The quantitative estimate of drug-likeness (QED) is 0.193. The van der Waals surface area contributed by atoms with Gasteiger partial charge in [-0.1, -0.05) is 50.5 Å². The summed E-state index contributed by atoms with van der Waals surface area (Å²) in [5, 5.41) is 8.31. The molecule has 1 aromatic heterocycles. The molecule has 0 amide bonds. The summed E-state index contributed by atoms with van der Waals surface area (Å²) in [6.45, 7) is 2.97. The Labute approximate surface area is 199 Å². The van der Waals surface area contributed by atoms with Crippen molar-refractivity contribution in [3.63, 3.8) is 0 Å². The lowest BCUT2D eigenvalue weighted by molar-refractivity contribution is 0.0600. The van der Waals surface area contributed by atoms with Gasteiger partial charge in [0.15, 0.2) is 0 Å². The smallest absolute Gasteiger partial charge is 0.337 e. The molecule has 3 aromatic carbocycles. The average molecular weight is 457 g/mol. The van der Waals surface area contributed by atoms with Gasteiger partial charge in [0, 0.05) is 11.1 Å². The summed E-state index contributed by atoms with van der Waals surface area (Å²) >= 11 is 0. The molecule has 0 aliphatic rings. The highest BCUT2D eigenvalue weighted by Crippen LogP contribution is 2.28. The Morgan fingerprint density at radius 1 is 0.735 bits per heavy atom. The Kier molecular flexibility index (Phi) is 7.71. The van der Waals surface area contributed by atoms with Gasteiger partial charge in [-0.2, -0.15) is 0 Å². The lowest BCUT2D eigenvalue weighted by Gasteiger charge is -2.07. The number of aromatic nitrogens is 2. The van der Waals surface area contributed by atoms with E-state index in [4.69, 9.17) is 13.9 Å². The number of unbranched alkanes of at least 4 members (excludes halogenated alkanes) is 3. The van der Waals surface area contributed by atoms with Crippen LogP contribution >= 0.6 is 0 Å². The monoisotopic (exact) mass is 456 g/mol. The molecule has 1 heterocycles. The van der Waals surface area contributed by atoms with Crippen molar-refractivity contribution in [2.45, 2.75) is 32.6 Å². The topological polar surface area (TPSA) is 74.5 Å². The minimum absolute atomic E-state index is 0.387. The van der Waals surface area contributed by atoms with Crippen molar-refractivity contribution in [2.75, 3.05) is 13.7 Å². The zero-order valence-corrected chi connectivity index (χ0v) is 19.5. The van der Waals surface area contributed by atoms with Crippen LogP contribution < -0.4 is 4.74 Å². The molecule has 34 heavy (non-hydrogen) atoms. The molecule has 4 rings (SSSR count). The van der Waals surface area contributed by atoms with Gasteiger partial charge in [-0.25, -0.2) is 4.79 Å². The maximum absolute atomic E-state index is 11.6. The predicted octanol–water partition coefficient (Wildman–Crippen LogP) is 6.82. The fourth-order valence-electron chi connectivity index (χ4n) is 3.59. The number of carbonyl (C=O) groups is 1. The van der Waals surface area contributed by atoms with Gasteiger partial charge in [0.1, 0.15) is 5.75 Å². The fourth-order valence-corrected chi connectivity index (χ4v) is 3.59. The van der Waals surface area contributed by atoms with Crippen LogP contribution in [-0.4, -0.2) is 29.9 Å². The minimum Gasteiger partial charge on any atom is -0.494 e. The first kappa shape index (κ1) is 23.2. The number of nitrogens with zero attached hydrogens (tertiary/aromatic N) is 2. The molecule has 0 unspecified atom stereocenters. The first-order valence-electron chi connectivity index (χ1n) is 11.5. The van der Waals surface area contributed by atoms with E-state index in [1.54, 1.807) is 24.3 Å². The Morgan fingerprint density at radius 3 is 1.82 bits per heavy atom. The molecule has 0 atom stereocenters. The van der Waals surface area contributed by atoms with Crippen LogP contribution in [0.2, 0.25) is 0 Å². The highest BCUT2D eigenvalue weighted by atomic mass is 16.5. The van der Waals surface area contributed by atoms with Crippen molar-refractivity contribution in [3.05, 3.63) is 78.4 Å². The molecule has 6 heteroatoms. The summed E-state index contributed by atoms with van der Waals surface area (Å²) < 4.78 is 16.4. The van der Waals surface area contributed by atoms with E-state index in [1.807, 2.05) is 36.4 Å². The van der Waals surface area contributed by atoms with Gasteiger partial charge in [0.2, 0.25) is 11.8 Å². The Bertz CT molecular complexity index is 1200. The summed E-state index contributed by atoms with van der Waals surface area (Å²) in [5.74, 6) is 1.34. The van der Waals surface area contributed by atoms with E-state index in [9.17, 15) is 4.79 Å². The Hall–Kier alpha value is -3.93. The predicted molar refractivity (Wildman–Crippen MR) is 132 cm³/mol. The maximum Gasteiger partial charge on any atom is 0.337 e. The van der Waals surface area contributed by atoms with Crippen molar-refractivity contribution in [2.24, 2.45) is 0 Å². The number of methoxy groups -OCH3 is 1. The first-order valence-corrected chi connectivity index (χ1v) is 11.5. The highest BCUT2D eigenvalue weighted by molar-refractivity contribution is 5.89. The first-order chi connectivity index (χ1) is 16.7. The second-order valence-corrected chi connectivity index (χ2v) is 7.99. The molecule has 0 aliphatic carbocycles. The zero-order chi connectivity index (χ0) is 23.8. The van der Waals surface area contributed by atoms with Gasteiger partial charge in [0.05, 0.1) is 19.3 Å². The third kappa shape index (κ3) is 5.70. The van der Waals surface area contributed by atoms with Crippen LogP contribution in [0.15, 0.2) is 77.2 Å². The van der Waals surface area contributed by atoms with E-state index in [0.717, 1.165) is 41.0 Å². The normalized spacial score (nSPS) is 10.8. The Morgan fingerprint density at radius 2 is 1.26 bits per heavy atom. The number of esters is 1. The number of hydrogen-bond acceptors (Lipinski definition) is 6. The summed E-state index contributed by atoms with van der Waals surface area (Å²) in [4.78, 5) is 11.6.